The van der Waals surface area contributed by atoms with E-state index in [4.69, 9.17) is 9.97 Å². The first kappa shape index (κ1) is 31.0. The molecule has 3 nitrogen and oxygen atoms in total. The molecule has 0 unspecified atom stereocenters. The molecular formula is C51H37N3. The van der Waals surface area contributed by atoms with Gasteiger partial charge in [-0.3, -0.25) is 9.38 Å². The van der Waals surface area contributed by atoms with E-state index in [1.807, 2.05) is 6.20 Å². The Morgan fingerprint density at radius 2 is 1.19 bits per heavy atom. The summed E-state index contributed by atoms with van der Waals surface area (Å²) in [5.74, 6) is 0. The van der Waals surface area contributed by atoms with Crippen molar-refractivity contribution in [2.45, 2.75) is 31.6 Å². The van der Waals surface area contributed by atoms with Crippen molar-refractivity contribution in [3.05, 3.63) is 198 Å². The molecule has 0 saturated heterocycles. The second kappa shape index (κ2) is 11.2. The molecule has 0 bridgehead atoms. The first-order valence-electron chi connectivity index (χ1n) is 18.8. The fourth-order valence-electron chi connectivity index (χ4n) is 9.33. The van der Waals surface area contributed by atoms with Crippen molar-refractivity contribution in [1.82, 2.24) is 14.4 Å². The molecule has 1 aliphatic rings. The zero-order valence-electron chi connectivity index (χ0n) is 30.5. The lowest BCUT2D eigenvalue weighted by Crippen LogP contribution is -2.29. The molecule has 0 N–H and O–H groups in total. The Kier molecular flexibility index (Phi) is 6.43. The van der Waals surface area contributed by atoms with Crippen LogP contribution < -0.4 is 0 Å². The number of pyridine rings is 2. The summed E-state index contributed by atoms with van der Waals surface area (Å²) in [4.78, 5) is 10.4. The quantitative estimate of drug-likeness (QED) is 0.173. The number of rotatable bonds is 3. The van der Waals surface area contributed by atoms with E-state index in [2.05, 4.69) is 189 Å². The Labute approximate surface area is 314 Å². The van der Waals surface area contributed by atoms with Crippen LogP contribution in [0, 0.1) is 0 Å². The lowest BCUT2D eigenvalue weighted by atomic mass is 9.66. The van der Waals surface area contributed by atoms with Crippen molar-refractivity contribution >= 4 is 49.1 Å². The van der Waals surface area contributed by atoms with Crippen molar-refractivity contribution in [1.29, 1.82) is 0 Å². The Morgan fingerprint density at radius 3 is 1.96 bits per heavy atom. The molecule has 10 aromatic rings. The van der Waals surface area contributed by atoms with Gasteiger partial charge in [-0.1, -0.05) is 142 Å². The van der Waals surface area contributed by atoms with E-state index in [0.717, 1.165) is 44.2 Å². The molecule has 0 aliphatic heterocycles. The zero-order chi connectivity index (χ0) is 36.2. The van der Waals surface area contributed by atoms with Gasteiger partial charge in [-0.05, 0) is 97.6 Å². The Balaban J connectivity index is 1.31. The predicted molar refractivity (Wildman–Crippen MR) is 224 cm³/mol. The second-order valence-corrected chi connectivity index (χ2v) is 15.8. The Hall–Kier alpha value is -6.58. The number of imidazole rings is 1. The predicted octanol–water partition coefficient (Wildman–Crippen LogP) is 12.7. The maximum atomic E-state index is 5.33. The van der Waals surface area contributed by atoms with Crippen LogP contribution in [0.3, 0.4) is 0 Å². The Morgan fingerprint density at radius 1 is 0.519 bits per heavy atom. The molecule has 3 heterocycles. The molecule has 11 rings (SSSR count). The van der Waals surface area contributed by atoms with Gasteiger partial charge in [0.15, 0.2) is 0 Å². The van der Waals surface area contributed by atoms with E-state index in [1.165, 1.54) is 55.1 Å². The molecule has 256 valence electrons. The summed E-state index contributed by atoms with van der Waals surface area (Å²) < 4.78 is 2.35. The van der Waals surface area contributed by atoms with E-state index in [9.17, 15) is 0 Å². The molecule has 0 radical (unpaired) electrons. The van der Waals surface area contributed by atoms with Crippen molar-refractivity contribution in [3.8, 4) is 22.4 Å². The third-order valence-corrected chi connectivity index (χ3v) is 11.8. The zero-order valence-corrected chi connectivity index (χ0v) is 30.5. The van der Waals surface area contributed by atoms with Gasteiger partial charge >= 0.3 is 0 Å². The van der Waals surface area contributed by atoms with Crippen molar-refractivity contribution < 1.29 is 0 Å². The van der Waals surface area contributed by atoms with Gasteiger partial charge in [0, 0.05) is 27.9 Å². The van der Waals surface area contributed by atoms with Crippen molar-refractivity contribution in [2.24, 2.45) is 0 Å². The number of para-hydroxylation sites is 3. The van der Waals surface area contributed by atoms with Crippen LogP contribution >= 0.6 is 0 Å². The van der Waals surface area contributed by atoms with Crippen LogP contribution in [0.4, 0.5) is 0 Å². The standard InChI is InChI=1S/C51H37N3/c1-50(2,3)35-28-33(48-37-15-5-4-14-32(37)26-27-52-48)29-36(30-35)51(43-19-9-6-16-39(43)40-17-7-10-20-44(40)51)34-24-25-38-41-18-8-12-22-46(41)54-47-23-13-11-21-45(47)53-49(54)42(38)31-34/h4-31H,1-3H3. The maximum absolute atomic E-state index is 5.33. The molecule has 1 aliphatic carbocycles. The molecule has 0 fully saturated rings. The molecule has 0 amide bonds. The van der Waals surface area contributed by atoms with Crippen LogP contribution in [0.15, 0.2) is 170 Å². The van der Waals surface area contributed by atoms with E-state index in [1.54, 1.807) is 0 Å². The lowest BCUT2D eigenvalue weighted by Gasteiger charge is -2.36. The number of benzene rings is 7. The van der Waals surface area contributed by atoms with Gasteiger partial charge in [-0.15, -0.1) is 0 Å². The van der Waals surface area contributed by atoms with Crippen LogP contribution in [0.25, 0.3) is 71.5 Å². The van der Waals surface area contributed by atoms with Gasteiger partial charge in [0.25, 0.3) is 0 Å². The van der Waals surface area contributed by atoms with Crippen LogP contribution in [-0.2, 0) is 10.8 Å². The summed E-state index contributed by atoms with van der Waals surface area (Å²) >= 11 is 0. The van der Waals surface area contributed by atoms with Gasteiger partial charge in [-0.25, -0.2) is 4.98 Å². The second-order valence-electron chi connectivity index (χ2n) is 15.8. The third kappa shape index (κ3) is 4.24. The third-order valence-electron chi connectivity index (χ3n) is 11.8. The highest BCUT2D eigenvalue weighted by molar-refractivity contribution is 6.14. The average Bonchev–Trinajstić information content (AvgIpc) is 3.75. The first-order valence-corrected chi connectivity index (χ1v) is 18.8. The first-order chi connectivity index (χ1) is 26.4. The molecular weight excluding hydrogens is 655 g/mol. The molecule has 3 aromatic heterocycles. The van der Waals surface area contributed by atoms with Gasteiger partial charge in [0.2, 0.25) is 0 Å². The topological polar surface area (TPSA) is 30.2 Å². The van der Waals surface area contributed by atoms with Crippen LogP contribution in [0.2, 0.25) is 0 Å². The van der Waals surface area contributed by atoms with Gasteiger partial charge in [-0.2, -0.15) is 0 Å². The molecule has 0 saturated carbocycles. The minimum Gasteiger partial charge on any atom is -0.292 e. The summed E-state index contributed by atoms with van der Waals surface area (Å²) in [6.07, 6.45) is 1.95. The summed E-state index contributed by atoms with van der Waals surface area (Å²) in [6.45, 7) is 6.95. The summed E-state index contributed by atoms with van der Waals surface area (Å²) in [5, 5.41) is 5.91. The molecule has 0 atom stereocenters. The fraction of sp³-hybridized carbons (Fsp3) is 0.0980. The lowest BCUT2D eigenvalue weighted by molar-refractivity contribution is 0.587. The summed E-state index contributed by atoms with van der Waals surface area (Å²) in [6, 6.07) is 60.4. The number of nitrogens with zero attached hydrogens (tertiary/aromatic N) is 3. The van der Waals surface area contributed by atoms with E-state index >= 15 is 0 Å². The molecule has 0 spiro atoms. The van der Waals surface area contributed by atoms with Gasteiger partial charge in [0.05, 0.1) is 27.7 Å². The van der Waals surface area contributed by atoms with Crippen molar-refractivity contribution in [3.63, 3.8) is 0 Å². The number of aromatic nitrogens is 3. The smallest absolute Gasteiger partial charge is 0.146 e. The highest BCUT2D eigenvalue weighted by Gasteiger charge is 2.46. The highest BCUT2D eigenvalue weighted by Crippen LogP contribution is 2.57. The number of hydrogen-bond acceptors (Lipinski definition) is 2. The Bertz CT molecular complexity index is 3110. The van der Waals surface area contributed by atoms with Crippen molar-refractivity contribution in [2.75, 3.05) is 0 Å². The van der Waals surface area contributed by atoms with Crippen LogP contribution in [0.1, 0.15) is 48.6 Å². The average molecular weight is 692 g/mol. The SMILES string of the molecule is CC(C)(C)c1cc(-c2nccc3ccccc23)cc(C2(c3ccc4c5ccccc5n5c6ccccc6nc5c4c3)c3ccccc3-c3ccccc32)c1. The molecule has 7 aromatic carbocycles. The highest BCUT2D eigenvalue weighted by atomic mass is 15.0. The summed E-state index contributed by atoms with van der Waals surface area (Å²) in [7, 11) is 0. The largest absolute Gasteiger partial charge is 0.292 e. The van der Waals surface area contributed by atoms with E-state index < -0.39 is 5.41 Å². The van der Waals surface area contributed by atoms with Gasteiger partial charge < -0.3 is 0 Å². The minimum absolute atomic E-state index is 0.113. The normalized spacial score (nSPS) is 13.6. The summed E-state index contributed by atoms with van der Waals surface area (Å²) in [5.41, 5.74) is 14.5. The number of hydrogen-bond donors (Lipinski definition) is 0. The van der Waals surface area contributed by atoms with Crippen LogP contribution in [-0.4, -0.2) is 14.4 Å². The molecule has 3 heteroatoms. The minimum atomic E-state index is -0.614. The monoisotopic (exact) mass is 691 g/mol. The van der Waals surface area contributed by atoms with E-state index in [-0.39, 0.29) is 5.41 Å². The number of fused-ring (bicyclic) bond motifs is 12. The van der Waals surface area contributed by atoms with Gasteiger partial charge in [0.1, 0.15) is 5.65 Å². The maximum Gasteiger partial charge on any atom is 0.146 e. The fourth-order valence-corrected chi connectivity index (χ4v) is 9.33. The van der Waals surface area contributed by atoms with E-state index in [0.29, 0.717) is 0 Å². The van der Waals surface area contributed by atoms with Crippen LogP contribution in [0.5, 0.6) is 0 Å². The molecule has 54 heavy (non-hydrogen) atoms.